The Labute approximate surface area is 306 Å². The number of hydrogen-bond acceptors (Lipinski definition) is 8. The number of ketones is 2. The molecule has 5 atom stereocenters. The lowest BCUT2D eigenvalue weighted by Crippen LogP contribution is -2.49. The number of amides is 2. The van der Waals surface area contributed by atoms with E-state index in [9.17, 15) is 38.3 Å². The molecule has 2 aromatic rings. The highest BCUT2D eigenvalue weighted by molar-refractivity contribution is 7.80. The number of carboxylic acids is 1. The molecule has 51 heavy (non-hydrogen) atoms. The molecule has 13 nitrogen and oxygen atoms in total. The van der Waals surface area contributed by atoms with Gasteiger partial charge < -0.3 is 25.7 Å². The van der Waals surface area contributed by atoms with Crippen molar-refractivity contribution in [3.63, 3.8) is 0 Å². The SMILES string of the molecule is CB(O)[C@H](CC(C)C)NC(=S)[C@@H](CC(=O)[C@@H]1CCCN1C(=O)CNC(=O)[C@H](CC(=O)O)CC(=O)c1ccc(NS(=O)O)cc1)Cc1ccccc1. The van der Waals surface area contributed by atoms with Crippen LogP contribution in [0.3, 0.4) is 0 Å². The molecule has 2 amide bonds. The molecule has 0 saturated carbocycles. The Hall–Kier alpha value is -3.99. The fourth-order valence-corrected chi connectivity index (χ4v) is 6.82. The number of carbonyl (C=O) groups excluding carboxylic acids is 4. The van der Waals surface area contributed by atoms with Crippen LogP contribution in [0.4, 0.5) is 5.69 Å². The Morgan fingerprint density at radius 2 is 1.67 bits per heavy atom. The summed E-state index contributed by atoms with van der Waals surface area (Å²) in [6.45, 7) is 4.96. The fraction of sp³-hybridized carbons (Fsp3) is 0.486. The number of aliphatic carboxylic acids is 1. The Morgan fingerprint density at radius 3 is 2.25 bits per heavy atom. The minimum atomic E-state index is -2.30. The molecule has 1 heterocycles. The summed E-state index contributed by atoms with van der Waals surface area (Å²) in [6, 6.07) is 14.5. The van der Waals surface area contributed by atoms with Gasteiger partial charge in [0.05, 0.1) is 29.9 Å². The minimum absolute atomic E-state index is 0.0629. The van der Waals surface area contributed by atoms with E-state index in [1.807, 2.05) is 30.3 Å². The molecule has 276 valence electrons. The second-order valence-electron chi connectivity index (χ2n) is 13.4. The standard InChI is InChI=1S/C35H47BN4O9S2/c1-22(2)16-31(36(3)47)38-35(50)26(17-23-8-5-4-6-9-23)19-30(42)28-10-7-15-40(28)32(43)21-37-34(46)25(20-33(44)45)18-29(41)24-11-13-27(14-12-24)39-51(48)49/h4-6,8-9,11-14,22,25-26,28,31,39,47H,7,10,15-21H2,1-3H3,(H,37,46)(H,38,50)(H,44,45)(H,48,49)/t25-,26+,28-,31-/m0/s1. The van der Waals surface area contributed by atoms with Crippen LogP contribution in [0.2, 0.25) is 6.82 Å². The van der Waals surface area contributed by atoms with Crippen LogP contribution in [0.15, 0.2) is 54.6 Å². The van der Waals surface area contributed by atoms with Gasteiger partial charge in [0, 0.05) is 42.5 Å². The number of anilines is 1. The van der Waals surface area contributed by atoms with Gasteiger partial charge in [0.2, 0.25) is 11.8 Å². The molecule has 0 radical (unpaired) electrons. The van der Waals surface area contributed by atoms with Crippen LogP contribution >= 0.6 is 12.2 Å². The van der Waals surface area contributed by atoms with Crippen LogP contribution in [0, 0.1) is 17.8 Å². The Kier molecular flexibility index (Phi) is 16.4. The largest absolute Gasteiger partial charge is 0.481 e. The normalized spacial score (nSPS) is 16.4. The number of thiocarbonyl (C=S) groups is 1. The van der Waals surface area contributed by atoms with E-state index in [0.717, 1.165) is 5.56 Å². The number of carbonyl (C=O) groups is 5. The second-order valence-corrected chi connectivity index (χ2v) is 14.5. The van der Waals surface area contributed by atoms with Crippen molar-refractivity contribution in [1.82, 2.24) is 15.5 Å². The monoisotopic (exact) mass is 742 g/mol. The highest BCUT2D eigenvalue weighted by Crippen LogP contribution is 2.24. The van der Waals surface area contributed by atoms with Crippen LogP contribution in [-0.4, -0.2) is 90.1 Å². The molecule has 2 aromatic carbocycles. The van der Waals surface area contributed by atoms with Crippen LogP contribution in [0.1, 0.15) is 68.3 Å². The molecule has 1 aliphatic rings. The van der Waals surface area contributed by atoms with Gasteiger partial charge in [0.1, 0.15) is 0 Å². The lowest BCUT2D eigenvalue weighted by molar-refractivity contribution is -0.141. The summed E-state index contributed by atoms with van der Waals surface area (Å²) >= 11 is 3.51. The summed E-state index contributed by atoms with van der Waals surface area (Å²) in [5.74, 6) is -4.93. The molecule has 1 fully saturated rings. The van der Waals surface area contributed by atoms with Gasteiger partial charge >= 0.3 is 12.9 Å². The molecule has 1 unspecified atom stereocenters. The second kappa shape index (κ2) is 20.2. The molecular weight excluding hydrogens is 695 g/mol. The van der Waals surface area contributed by atoms with Gasteiger partial charge in [-0.25, -0.2) is 4.21 Å². The Bertz CT molecular complexity index is 1560. The third kappa shape index (κ3) is 13.6. The van der Waals surface area contributed by atoms with E-state index in [2.05, 4.69) is 29.2 Å². The molecule has 1 saturated heterocycles. The predicted molar refractivity (Wildman–Crippen MR) is 199 cm³/mol. The minimum Gasteiger partial charge on any atom is -0.481 e. The first kappa shape index (κ1) is 41.4. The molecule has 0 aromatic heterocycles. The summed E-state index contributed by atoms with van der Waals surface area (Å²) < 4.78 is 22.1. The van der Waals surface area contributed by atoms with Crippen molar-refractivity contribution in [2.45, 2.75) is 77.6 Å². The summed E-state index contributed by atoms with van der Waals surface area (Å²) in [4.78, 5) is 66.6. The van der Waals surface area contributed by atoms with Crippen molar-refractivity contribution in [3.8, 4) is 0 Å². The third-order valence-electron chi connectivity index (χ3n) is 8.77. The topological polar surface area (TPSA) is 202 Å². The maximum atomic E-state index is 13.8. The van der Waals surface area contributed by atoms with Gasteiger partial charge in [0.25, 0.3) is 11.3 Å². The zero-order chi connectivity index (χ0) is 37.7. The van der Waals surface area contributed by atoms with E-state index in [1.54, 1.807) is 6.82 Å². The van der Waals surface area contributed by atoms with Crippen molar-refractivity contribution in [1.29, 1.82) is 0 Å². The van der Waals surface area contributed by atoms with Gasteiger partial charge in [-0.2, -0.15) is 0 Å². The number of likely N-dealkylation sites (tertiary alicyclic amines) is 1. The molecular formula is C35H47BN4O9S2. The summed E-state index contributed by atoms with van der Waals surface area (Å²) in [7, 11) is 0. The quantitative estimate of drug-likeness (QED) is 0.0503. The summed E-state index contributed by atoms with van der Waals surface area (Å²) in [6.07, 6.45) is 1.16. The van der Waals surface area contributed by atoms with Crippen molar-refractivity contribution >= 4 is 70.4 Å². The highest BCUT2D eigenvalue weighted by Gasteiger charge is 2.36. The van der Waals surface area contributed by atoms with E-state index in [4.69, 9.17) is 16.8 Å². The highest BCUT2D eigenvalue weighted by atomic mass is 32.2. The number of nitrogens with one attached hydrogen (secondary N) is 3. The number of Topliss-reactive ketones (excluding diaryl/α,β-unsaturated/α-hetero) is 2. The zero-order valence-electron chi connectivity index (χ0n) is 29.1. The van der Waals surface area contributed by atoms with Gasteiger partial charge in [-0.15, -0.1) is 0 Å². The number of hydrogen-bond donors (Lipinski definition) is 6. The maximum absolute atomic E-state index is 13.8. The van der Waals surface area contributed by atoms with Crippen LogP contribution in [0.5, 0.6) is 0 Å². The smallest absolute Gasteiger partial charge is 0.308 e. The molecule has 3 rings (SSSR count). The van der Waals surface area contributed by atoms with Gasteiger partial charge in [-0.1, -0.05) is 63.2 Å². The van der Waals surface area contributed by atoms with Crippen LogP contribution in [-0.2, 0) is 36.9 Å². The predicted octanol–water partition coefficient (Wildman–Crippen LogP) is 3.31. The molecule has 1 aliphatic heterocycles. The van der Waals surface area contributed by atoms with Gasteiger partial charge in [-0.3, -0.25) is 33.2 Å². The number of rotatable bonds is 20. The van der Waals surface area contributed by atoms with E-state index in [-0.39, 0.29) is 35.3 Å². The fourth-order valence-electron chi connectivity index (χ4n) is 6.16. The Morgan fingerprint density at radius 1 is 1.00 bits per heavy atom. The number of nitrogens with zero attached hydrogens (tertiary/aromatic N) is 1. The van der Waals surface area contributed by atoms with Crippen molar-refractivity contribution in [2.75, 3.05) is 17.8 Å². The third-order valence-corrected chi connectivity index (χ3v) is 9.63. The molecule has 16 heteroatoms. The summed E-state index contributed by atoms with van der Waals surface area (Å²) in [5.41, 5.74) is 1.44. The average Bonchev–Trinajstić information content (AvgIpc) is 3.57. The first-order valence-electron chi connectivity index (χ1n) is 17.0. The first-order valence-corrected chi connectivity index (χ1v) is 18.5. The van der Waals surface area contributed by atoms with Gasteiger partial charge in [-0.05, 0) is 61.4 Å². The number of carboxylic acid groups (broad SMARTS) is 1. The van der Waals surface area contributed by atoms with E-state index < -0.39 is 73.1 Å². The first-order chi connectivity index (χ1) is 24.1. The van der Waals surface area contributed by atoms with Crippen LogP contribution in [0.25, 0.3) is 0 Å². The number of benzene rings is 2. The van der Waals surface area contributed by atoms with Crippen molar-refractivity contribution in [3.05, 3.63) is 65.7 Å². The average molecular weight is 743 g/mol. The van der Waals surface area contributed by atoms with Crippen molar-refractivity contribution in [2.24, 2.45) is 17.8 Å². The Balaban J connectivity index is 1.66. The molecule has 6 N–H and O–H groups in total. The van der Waals surface area contributed by atoms with E-state index in [1.165, 1.54) is 29.2 Å². The zero-order valence-corrected chi connectivity index (χ0v) is 30.7. The summed E-state index contributed by atoms with van der Waals surface area (Å²) in [5, 5.41) is 25.6. The molecule has 0 aliphatic carbocycles. The van der Waals surface area contributed by atoms with E-state index in [0.29, 0.717) is 43.1 Å². The van der Waals surface area contributed by atoms with Crippen LogP contribution < -0.4 is 15.4 Å². The molecule has 0 bridgehead atoms. The lowest BCUT2D eigenvalue weighted by Gasteiger charge is -2.29. The maximum Gasteiger partial charge on any atom is 0.308 e. The van der Waals surface area contributed by atoms with E-state index >= 15 is 0 Å². The van der Waals surface area contributed by atoms with Crippen molar-refractivity contribution < 1.29 is 42.9 Å². The lowest BCUT2D eigenvalue weighted by atomic mass is 9.61. The molecule has 0 spiro atoms. The van der Waals surface area contributed by atoms with Gasteiger partial charge in [0.15, 0.2) is 11.6 Å².